The summed E-state index contributed by atoms with van der Waals surface area (Å²) in [5.74, 6) is 0.914. The fraction of sp³-hybridized carbons (Fsp3) is 0.579. The lowest BCUT2D eigenvalue weighted by atomic mass is 9.58. The summed E-state index contributed by atoms with van der Waals surface area (Å²) in [6.45, 7) is 10.6. The number of nitrogens with zero attached hydrogens (tertiary/aromatic N) is 7. The van der Waals surface area contributed by atoms with Crippen molar-refractivity contribution in [2.24, 2.45) is 13.0 Å². The number of rotatable bonds is 7. The molecule has 1 aliphatic carbocycles. The molecule has 7 rings (SSSR count). The number of amides is 2. The summed E-state index contributed by atoms with van der Waals surface area (Å²) in [6.07, 6.45) is 0.226. The molecular formula is C38H48F3N7O3. The fourth-order valence-electron chi connectivity index (χ4n) is 8.80. The van der Waals surface area contributed by atoms with Gasteiger partial charge in [-0.3, -0.25) is 14.6 Å². The van der Waals surface area contributed by atoms with Gasteiger partial charge >= 0.3 is 12.3 Å². The maximum atomic E-state index is 14.6. The number of aromatic nitrogens is 3. The van der Waals surface area contributed by atoms with E-state index >= 15 is 0 Å². The number of halogens is 3. The van der Waals surface area contributed by atoms with Crippen molar-refractivity contribution in [1.29, 1.82) is 0 Å². The van der Waals surface area contributed by atoms with Crippen LogP contribution in [0.5, 0.6) is 0 Å². The molecule has 3 aromatic rings. The molecule has 1 aromatic heterocycles. The number of hydrogen-bond donors (Lipinski definition) is 0. The van der Waals surface area contributed by atoms with Crippen LogP contribution in [0.25, 0.3) is 0 Å². The molecule has 0 N–H and O–H groups in total. The molecule has 10 nitrogen and oxygen atoms in total. The number of likely N-dealkylation sites (N-methyl/N-ethyl adjacent to an activating group) is 1. The lowest BCUT2D eigenvalue weighted by Crippen LogP contribution is -2.44. The molecule has 0 radical (unpaired) electrons. The normalized spacial score (nSPS) is 25.5. The lowest BCUT2D eigenvalue weighted by molar-refractivity contribution is -0.138. The average molecular weight is 708 g/mol. The molecule has 1 saturated carbocycles. The summed E-state index contributed by atoms with van der Waals surface area (Å²) in [7, 11) is 3.98. The van der Waals surface area contributed by atoms with Crippen LogP contribution in [0.4, 0.5) is 23.7 Å². The molecule has 0 spiro atoms. The van der Waals surface area contributed by atoms with Crippen LogP contribution in [0.2, 0.25) is 0 Å². The Balaban J connectivity index is 1.07. The molecule has 3 aliphatic heterocycles. The zero-order valence-corrected chi connectivity index (χ0v) is 30.3. The second-order valence-electron chi connectivity index (χ2n) is 16.2. The van der Waals surface area contributed by atoms with Gasteiger partial charge in [0.2, 0.25) is 0 Å². The van der Waals surface area contributed by atoms with Crippen LogP contribution in [0.3, 0.4) is 0 Å². The van der Waals surface area contributed by atoms with Crippen LogP contribution in [0, 0.1) is 5.92 Å². The van der Waals surface area contributed by atoms with E-state index < -0.39 is 23.2 Å². The summed E-state index contributed by atoms with van der Waals surface area (Å²) in [6, 6.07) is 10.9. The van der Waals surface area contributed by atoms with Crippen molar-refractivity contribution in [2.75, 3.05) is 38.1 Å². The minimum atomic E-state index is -4.61. The van der Waals surface area contributed by atoms with Gasteiger partial charge in [-0.25, -0.2) is 4.79 Å². The second-order valence-corrected chi connectivity index (χ2v) is 16.2. The van der Waals surface area contributed by atoms with E-state index in [1.54, 1.807) is 23.4 Å². The summed E-state index contributed by atoms with van der Waals surface area (Å²) in [5, 5.41) is 8.53. The number of carbonyl (C=O) groups is 2. The Bertz CT molecular complexity index is 1810. The molecule has 2 aromatic carbocycles. The number of alkyl halides is 3. The third-order valence-electron chi connectivity index (χ3n) is 11.3. The molecule has 2 saturated heterocycles. The molecule has 13 heteroatoms. The molecular weight excluding hydrogens is 659 g/mol. The largest absolute Gasteiger partial charge is 0.444 e. The highest BCUT2D eigenvalue weighted by Crippen LogP contribution is 2.52. The van der Waals surface area contributed by atoms with E-state index in [0.29, 0.717) is 43.3 Å². The van der Waals surface area contributed by atoms with Gasteiger partial charge in [-0.15, -0.1) is 10.2 Å². The first kappa shape index (κ1) is 35.4. The van der Waals surface area contributed by atoms with Gasteiger partial charge in [-0.05, 0) is 100 Å². The van der Waals surface area contributed by atoms with Crippen molar-refractivity contribution in [3.8, 4) is 0 Å². The molecule has 3 fully saturated rings. The first-order valence-corrected chi connectivity index (χ1v) is 17.9. The highest BCUT2D eigenvalue weighted by molar-refractivity contribution is 6.10. The molecule has 4 aliphatic rings. The fourth-order valence-corrected chi connectivity index (χ4v) is 8.80. The van der Waals surface area contributed by atoms with Gasteiger partial charge in [0.15, 0.2) is 0 Å². The number of ether oxygens (including phenoxy) is 1. The molecule has 0 unspecified atom stereocenters. The predicted molar refractivity (Wildman–Crippen MR) is 186 cm³/mol. The van der Waals surface area contributed by atoms with Gasteiger partial charge in [0.05, 0.1) is 17.5 Å². The maximum Gasteiger partial charge on any atom is 0.416 e. The smallest absolute Gasteiger partial charge is 0.416 e. The minimum absolute atomic E-state index is 0.0248. The number of likely N-dealkylation sites (tertiary alicyclic amines) is 2. The van der Waals surface area contributed by atoms with Gasteiger partial charge < -0.3 is 19.1 Å². The molecule has 0 bridgehead atoms. The quantitative estimate of drug-likeness (QED) is 0.288. The summed E-state index contributed by atoms with van der Waals surface area (Å²) in [5.41, 5.74) is 0.522. The van der Waals surface area contributed by atoms with Crippen LogP contribution >= 0.6 is 0 Å². The zero-order chi connectivity index (χ0) is 36.5. The van der Waals surface area contributed by atoms with E-state index in [-0.39, 0.29) is 41.3 Å². The minimum Gasteiger partial charge on any atom is -0.444 e. The monoisotopic (exact) mass is 707 g/mol. The van der Waals surface area contributed by atoms with Crippen molar-refractivity contribution in [3.63, 3.8) is 0 Å². The van der Waals surface area contributed by atoms with Gasteiger partial charge in [-0.1, -0.05) is 19.1 Å². The SMILES string of the molecule is CC1CC(c2cccc(N3Cc4c(cc(CN5CC[C@@H](N(C)[C@H]6CCN(C(=O)OC(C)(C)C)C6)C5)cc4C(F)(F)F)C3=O)c2)(c2nncn2C)C1. The Morgan fingerprint density at radius 2 is 1.78 bits per heavy atom. The highest BCUT2D eigenvalue weighted by atomic mass is 19.4. The molecule has 2 atom stereocenters. The Labute approximate surface area is 297 Å². The number of carbonyl (C=O) groups excluding carboxylic acids is 2. The lowest BCUT2D eigenvalue weighted by Gasteiger charge is -2.46. The zero-order valence-electron chi connectivity index (χ0n) is 30.3. The van der Waals surface area contributed by atoms with Crippen LogP contribution in [-0.4, -0.2) is 92.4 Å². The topological polar surface area (TPSA) is 87.0 Å². The first-order chi connectivity index (χ1) is 24.0. The van der Waals surface area contributed by atoms with E-state index in [1.807, 2.05) is 50.6 Å². The van der Waals surface area contributed by atoms with Crippen LogP contribution in [-0.2, 0) is 36.5 Å². The predicted octanol–water partition coefficient (Wildman–Crippen LogP) is 6.23. The standard InChI is InChI=1S/C38H48F3N7O3/c1-24-17-37(18-24,34-43-42-23-44(34)5)26-8-7-9-27(16-26)48-22-31-30(33(48)49)14-25(15-32(31)38(39,40)41)19-46-12-10-28(20-46)45(6)29-11-13-47(21-29)35(50)51-36(2,3)4/h7-9,14-16,23-24,28-29H,10-13,17-22H2,1-6H3/t24?,28-,29+,37?/m1/s1. The molecule has 274 valence electrons. The summed E-state index contributed by atoms with van der Waals surface area (Å²) in [4.78, 5) is 34.3. The number of benzene rings is 2. The Hall–Kier alpha value is -3.97. The van der Waals surface area contributed by atoms with Crippen molar-refractivity contribution in [2.45, 2.75) is 95.7 Å². The van der Waals surface area contributed by atoms with Crippen LogP contribution < -0.4 is 4.90 Å². The highest BCUT2D eigenvalue weighted by Gasteiger charge is 2.49. The molecule has 4 heterocycles. The first-order valence-electron chi connectivity index (χ1n) is 17.9. The number of fused-ring (bicyclic) bond motifs is 1. The Kier molecular flexibility index (Phi) is 8.97. The second kappa shape index (κ2) is 12.9. The maximum absolute atomic E-state index is 14.6. The van der Waals surface area contributed by atoms with E-state index in [2.05, 4.69) is 34.0 Å². The Morgan fingerprint density at radius 3 is 2.45 bits per heavy atom. The molecule has 51 heavy (non-hydrogen) atoms. The van der Waals surface area contributed by atoms with Crippen molar-refractivity contribution in [3.05, 3.63) is 76.4 Å². The Morgan fingerprint density at radius 1 is 1.06 bits per heavy atom. The number of hydrogen-bond acceptors (Lipinski definition) is 7. The molecule has 2 amide bonds. The van der Waals surface area contributed by atoms with Gasteiger partial charge in [0, 0.05) is 63.1 Å². The van der Waals surface area contributed by atoms with Gasteiger partial charge in [0.25, 0.3) is 5.91 Å². The van der Waals surface area contributed by atoms with E-state index in [4.69, 9.17) is 4.74 Å². The van der Waals surface area contributed by atoms with Gasteiger partial charge in [0.1, 0.15) is 17.8 Å². The summed E-state index contributed by atoms with van der Waals surface area (Å²) >= 11 is 0. The number of aryl methyl sites for hydroxylation is 1. The van der Waals surface area contributed by atoms with Crippen molar-refractivity contribution < 1.29 is 27.5 Å². The van der Waals surface area contributed by atoms with Crippen LogP contribution in [0.15, 0.2) is 42.7 Å². The van der Waals surface area contributed by atoms with Crippen LogP contribution in [0.1, 0.15) is 91.8 Å². The summed E-state index contributed by atoms with van der Waals surface area (Å²) < 4.78 is 51.3. The van der Waals surface area contributed by atoms with Gasteiger partial charge in [-0.2, -0.15) is 13.2 Å². The van der Waals surface area contributed by atoms with Crippen molar-refractivity contribution >= 4 is 17.7 Å². The average Bonchev–Trinajstić information content (AvgIpc) is 3.86. The van der Waals surface area contributed by atoms with E-state index in [9.17, 15) is 22.8 Å². The number of anilines is 1. The third-order valence-corrected chi connectivity index (χ3v) is 11.3. The van der Waals surface area contributed by atoms with Crippen molar-refractivity contribution in [1.82, 2.24) is 29.5 Å². The van der Waals surface area contributed by atoms with E-state index in [1.165, 1.54) is 11.0 Å². The third kappa shape index (κ3) is 6.74. The van der Waals surface area contributed by atoms with E-state index in [0.717, 1.165) is 43.6 Å².